The monoisotopic (exact) mass is 397 g/mol. The fourth-order valence-electron chi connectivity index (χ4n) is 4.24. The van der Waals surface area contributed by atoms with Crippen LogP contribution in [0.2, 0.25) is 10.4 Å². The summed E-state index contributed by atoms with van der Waals surface area (Å²) in [4.78, 5) is 14.7. The number of halogens is 3. The maximum absolute atomic E-state index is 14.5. The second kappa shape index (κ2) is 6.14. The number of rotatable bonds is 1. The Morgan fingerprint density at radius 2 is 2.08 bits per heavy atom. The molecule has 140 valence electrons. The van der Waals surface area contributed by atoms with Gasteiger partial charge in [0.1, 0.15) is 11.3 Å². The number of pyridine rings is 1. The van der Waals surface area contributed by atoms with Crippen molar-refractivity contribution in [1.82, 2.24) is 20.3 Å². The molecular weight excluding hydrogens is 376 g/mol. The van der Waals surface area contributed by atoms with Crippen molar-refractivity contribution < 1.29 is 4.39 Å². The average Bonchev–Trinajstić information content (AvgIpc) is 2.89. The molecule has 2 aromatic rings. The second-order valence-electron chi connectivity index (χ2n) is 8.47. The van der Waals surface area contributed by atoms with Gasteiger partial charge in [-0.05, 0) is 29.9 Å². The molecule has 0 radical (unpaired) electrons. The third kappa shape index (κ3) is 2.83. The third-order valence-electron chi connectivity index (χ3n) is 6.12. The molecule has 5 rings (SSSR count). The second-order valence-corrected chi connectivity index (χ2v) is 9.16. The van der Waals surface area contributed by atoms with Crippen molar-refractivity contribution in [2.24, 2.45) is 10.8 Å². The third-order valence-corrected chi connectivity index (χ3v) is 6.55. The van der Waals surface area contributed by atoms with Crippen molar-refractivity contribution in [3.8, 4) is 0 Å². The summed E-state index contributed by atoms with van der Waals surface area (Å²) in [6.45, 7) is 9.43. The maximum atomic E-state index is 14.5. The molecule has 0 spiro atoms. The van der Waals surface area contributed by atoms with Crippen LogP contribution in [0.15, 0.2) is 6.20 Å². The highest BCUT2D eigenvalue weighted by atomic mass is 35.5. The molecule has 0 saturated carbocycles. The van der Waals surface area contributed by atoms with Gasteiger partial charge < -0.3 is 10.2 Å². The molecule has 2 atom stereocenters. The number of nitrogens with one attached hydrogen (secondary N) is 1. The fourth-order valence-corrected chi connectivity index (χ4v) is 4.54. The van der Waals surface area contributed by atoms with E-state index in [9.17, 15) is 4.39 Å². The van der Waals surface area contributed by atoms with Gasteiger partial charge in [-0.1, -0.05) is 32.4 Å². The summed E-state index contributed by atoms with van der Waals surface area (Å²) in [5.41, 5.74) is 0.337. The van der Waals surface area contributed by atoms with Crippen LogP contribution in [0.5, 0.6) is 0 Å². The minimum Gasteiger partial charge on any atom is -0.354 e. The van der Waals surface area contributed by atoms with Crippen LogP contribution in [0.4, 0.5) is 10.2 Å². The lowest BCUT2D eigenvalue weighted by molar-refractivity contribution is 0.0643. The van der Waals surface area contributed by atoms with E-state index in [1.165, 1.54) is 6.20 Å². The van der Waals surface area contributed by atoms with E-state index in [1.807, 2.05) is 0 Å². The first-order chi connectivity index (χ1) is 12.2. The van der Waals surface area contributed by atoms with Gasteiger partial charge in [0.05, 0.1) is 5.39 Å². The van der Waals surface area contributed by atoms with E-state index in [2.05, 4.69) is 45.9 Å². The van der Waals surface area contributed by atoms with Crippen LogP contribution in [-0.4, -0.2) is 40.6 Å². The highest BCUT2D eigenvalue weighted by Gasteiger charge is 2.48. The van der Waals surface area contributed by atoms with Gasteiger partial charge in [-0.25, -0.2) is 14.4 Å². The lowest BCUT2D eigenvalue weighted by atomic mass is 9.62. The summed E-state index contributed by atoms with van der Waals surface area (Å²) >= 11 is 12.0. The molecule has 0 aromatic carbocycles. The smallest absolute Gasteiger partial charge is 0.225 e. The van der Waals surface area contributed by atoms with Crippen molar-refractivity contribution in [2.75, 3.05) is 24.5 Å². The number of anilines is 1. The van der Waals surface area contributed by atoms with Gasteiger partial charge in [0, 0.05) is 37.3 Å². The van der Waals surface area contributed by atoms with E-state index >= 15 is 0 Å². The molecule has 2 bridgehead atoms. The van der Waals surface area contributed by atoms with Crippen LogP contribution in [0.25, 0.3) is 10.9 Å². The number of hydrogen-bond donors (Lipinski definition) is 1. The summed E-state index contributed by atoms with van der Waals surface area (Å²) in [6.07, 6.45) is 3.80. The molecule has 5 heterocycles. The van der Waals surface area contributed by atoms with Gasteiger partial charge in [0.2, 0.25) is 5.28 Å². The molecule has 2 aromatic heterocycles. The lowest BCUT2D eigenvalue weighted by Gasteiger charge is -2.48. The van der Waals surface area contributed by atoms with Gasteiger partial charge in [0.15, 0.2) is 11.0 Å². The number of aromatic nitrogens is 3. The Hall–Kier alpha value is -1.24. The van der Waals surface area contributed by atoms with E-state index in [4.69, 9.17) is 23.2 Å². The molecule has 0 aliphatic carbocycles. The van der Waals surface area contributed by atoms with Gasteiger partial charge in [-0.3, -0.25) is 0 Å². The normalized spacial score (nSPS) is 26.4. The number of hydrogen-bond acceptors (Lipinski definition) is 5. The van der Waals surface area contributed by atoms with Gasteiger partial charge >= 0.3 is 0 Å². The van der Waals surface area contributed by atoms with Crippen LogP contribution in [0.3, 0.4) is 0 Å². The van der Waals surface area contributed by atoms with Gasteiger partial charge in [-0.15, -0.1) is 0 Å². The fraction of sp³-hybridized carbons (Fsp3) is 0.611. The topological polar surface area (TPSA) is 53.9 Å². The van der Waals surface area contributed by atoms with E-state index in [0.29, 0.717) is 17.2 Å². The molecule has 1 N–H and O–H groups in total. The largest absolute Gasteiger partial charge is 0.354 e. The molecule has 26 heavy (non-hydrogen) atoms. The lowest BCUT2D eigenvalue weighted by Crippen LogP contribution is -2.52. The van der Waals surface area contributed by atoms with Crippen LogP contribution in [0.1, 0.15) is 33.6 Å². The Balaban J connectivity index is 1.86. The van der Waals surface area contributed by atoms with Crippen molar-refractivity contribution in [2.45, 2.75) is 39.7 Å². The summed E-state index contributed by atoms with van der Waals surface area (Å²) in [7, 11) is 0. The number of fused-ring (bicyclic) bond motifs is 5. The van der Waals surface area contributed by atoms with Crippen molar-refractivity contribution in [3.05, 3.63) is 22.5 Å². The molecule has 5 nitrogen and oxygen atoms in total. The van der Waals surface area contributed by atoms with Crippen LogP contribution in [-0.2, 0) is 0 Å². The summed E-state index contributed by atoms with van der Waals surface area (Å²) < 4.78 is 14.5. The minimum absolute atomic E-state index is 0.0167. The zero-order valence-corrected chi connectivity index (χ0v) is 16.6. The van der Waals surface area contributed by atoms with Gasteiger partial charge in [-0.2, -0.15) is 4.98 Å². The van der Waals surface area contributed by atoms with E-state index in [0.717, 1.165) is 32.5 Å². The first-order valence-corrected chi connectivity index (χ1v) is 9.61. The van der Waals surface area contributed by atoms with Crippen molar-refractivity contribution in [1.29, 1.82) is 0 Å². The molecule has 3 aliphatic heterocycles. The first-order valence-electron chi connectivity index (χ1n) is 8.86. The standard InChI is InChI=1S/C18H22Cl2FN5/c1-17(2,3)18-5-4-10(23-8-18)7-26(9-18)15-11-6-22-14(19)12(21)13(11)24-16(20)25-15/h6,10,23H,4-5,7-9H2,1-3H3. The van der Waals surface area contributed by atoms with Crippen LogP contribution >= 0.6 is 23.2 Å². The Morgan fingerprint density at radius 3 is 2.73 bits per heavy atom. The first kappa shape index (κ1) is 18.1. The molecule has 3 saturated heterocycles. The molecule has 3 aliphatic rings. The van der Waals surface area contributed by atoms with E-state index < -0.39 is 5.82 Å². The molecule has 0 amide bonds. The Labute approximate surface area is 162 Å². The Bertz CT molecular complexity index is 859. The molecule has 3 fully saturated rings. The predicted molar refractivity (Wildman–Crippen MR) is 102 cm³/mol. The summed E-state index contributed by atoms with van der Waals surface area (Å²) in [5.74, 6) is -0.0246. The Kier molecular flexibility index (Phi) is 4.29. The van der Waals surface area contributed by atoms with E-state index in [-0.39, 0.29) is 26.8 Å². The maximum Gasteiger partial charge on any atom is 0.225 e. The zero-order chi connectivity index (χ0) is 18.7. The van der Waals surface area contributed by atoms with Crippen LogP contribution in [0, 0.1) is 16.6 Å². The minimum atomic E-state index is -0.656. The average molecular weight is 398 g/mol. The predicted octanol–water partition coefficient (Wildman–Crippen LogP) is 4.08. The van der Waals surface area contributed by atoms with Crippen molar-refractivity contribution in [3.63, 3.8) is 0 Å². The quantitative estimate of drug-likeness (QED) is 0.580. The summed E-state index contributed by atoms with van der Waals surface area (Å²) in [5, 5.41) is 4.04. The van der Waals surface area contributed by atoms with Gasteiger partial charge in [0.25, 0.3) is 0 Å². The molecule has 2 unspecified atom stereocenters. The Morgan fingerprint density at radius 1 is 1.31 bits per heavy atom. The SMILES string of the molecule is CC(C)(C)C12CCC(CN(c3nc(Cl)nc4c(F)c(Cl)ncc34)C1)NC2. The van der Waals surface area contributed by atoms with Crippen LogP contribution < -0.4 is 10.2 Å². The van der Waals surface area contributed by atoms with Crippen molar-refractivity contribution >= 4 is 39.9 Å². The number of nitrogens with zero attached hydrogens (tertiary/aromatic N) is 4. The molecule has 8 heteroatoms. The summed E-state index contributed by atoms with van der Waals surface area (Å²) in [6, 6.07) is 0.377. The zero-order valence-electron chi connectivity index (χ0n) is 15.1. The highest BCUT2D eigenvalue weighted by Crippen LogP contribution is 2.48. The number of piperidine rings is 1. The molecular formula is C18H22Cl2FN5. The van der Waals surface area contributed by atoms with E-state index in [1.54, 1.807) is 0 Å². The highest BCUT2D eigenvalue weighted by molar-refractivity contribution is 6.30.